The van der Waals surface area contributed by atoms with Crippen molar-refractivity contribution in [1.82, 2.24) is 14.9 Å². The molecule has 1 aromatic carbocycles. The van der Waals surface area contributed by atoms with E-state index >= 15 is 0 Å². The molecule has 164 valence electrons. The van der Waals surface area contributed by atoms with E-state index in [1.807, 2.05) is 24.3 Å². The molecule has 4 rings (SSSR count). The molecule has 2 aromatic heterocycles. The van der Waals surface area contributed by atoms with Crippen molar-refractivity contribution in [1.29, 1.82) is 0 Å². The van der Waals surface area contributed by atoms with Gasteiger partial charge in [-0.25, -0.2) is 4.68 Å². The maximum absolute atomic E-state index is 13.3. The standard InChI is InChI=1S/C21H21F3N4O3/c1-3-14-4-6-15(7-5-14)30-12-16-13(2)31-26-19(16)20(29)27-11-9-17(21(22,23)24)28-18(27)8-10-25-28/h4-8,10,17H,3,9,11-12H2,1-2H3. The number of carbonyl (C=O) groups excluding carboxylic acids is 1. The first-order valence-corrected chi connectivity index (χ1v) is 9.88. The van der Waals surface area contributed by atoms with E-state index in [1.165, 1.54) is 22.7 Å². The minimum atomic E-state index is -4.45. The summed E-state index contributed by atoms with van der Waals surface area (Å²) in [6.45, 7) is 3.64. The SMILES string of the molecule is CCc1ccc(OCc2c(C(=O)N3CCC(C(F)(F)F)n4nccc43)noc2C)cc1. The van der Waals surface area contributed by atoms with Crippen LogP contribution in [-0.4, -0.2) is 33.6 Å². The van der Waals surface area contributed by atoms with Crippen LogP contribution >= 0.6 is 0 Å². The number of ether oxygens (including phenoxy) is 1. The van der Waals surface area contributed by atoms with Gasteiger partial charge in [0.25, 0.3) is 5.91 Å². The number of alkyl halides is 3. The lowest BCUT2D eigenvalue weighted by Gasteiger charge is -2.33. The van der Waals surface area contributed by atoms with Gasteiger partial charge in [0.15, 0.2) is 11.7 Å². The van der Waals surface area contributed by atoms with Gasteiger partial charge in [-0.15, -0.1) is 0 Å². The number of carbonyl (C=O) groups is 1. The maximum atomic E-state index is 13.3. The van der Waals surface area contributed by atoms with Crippen molar-refractivity contribution < 1.29 is 27.2 Å². The van der Waals surface area contributed by atoms with Crippen LogP contribution < -0.4 is 9.64 Å². The molecule has 0 saturated heterocycles. The fourth-order valence-electron chi connectivity index (χ4n) is 3.59. The van der Waals surface area contributed by atoms with E-state index in [4.69, 9.17) is 9.26 Å². The van der Waals surface area contributed by atoms with Gasteiger partial charge < -0.3 is 9.26 Å². The molecular formula is C21H21F3N4O3. The van der Waals surface area contributed by atoms with Crippen molar-refractivity contribution in [2.24, 2.45) is 0 Å². The lowest BCUT2D eigenvalue weighted by Crippen LogP contribution is -2.43. The third-order valence-corrected chi connectivity index (χ3v) is 5.37. The Morgan fingerprint density at radius 1 is 1.26 bits per heavy atom. The number of halogens is 3. The van der Waals surface area contributed by atoms with Gasteiger partial charge in [0.1, 0.15) is 23.9 Å². The molecule has 1 atom stereocenters. The number of aromatic nitrogens is 3. The van der Waals surface area contributed by atoms with Crippen LogP contribution in [0.1, 0.15) is 46.8 Å². The molecule has 1 aliphatic rings. The molecule has 1 unspecified atom stereocenters. The zero-order chi connectivity index (χ0) is 22.2. The van der Waals surface area contributed by atoms with Crippen LogP contribution in [0, 0.1) is 6.92 Å². The van der Waals surface area contributed by atoms with Gasteiger partial charge in [-0.3, -0.25) is 9.69 Å². The van der Waals surface area contributed by atoms with Crippen molar-refractivity contribution in [3.8, 4) is 5.75 Å². The Morgan fingerprint density at radius 2 is 2.00 bits per heavy atom. The van der Waals surface area contributed by atoms with Gasteiger partial charge in [0, 0.05) is 12.6 Å². The van der Waals surface area contributed by atoms with Gasteiger partial charge in [-0.1, -0.05) is 24.2 Å². The van der Waals surface area contributed by atoms with Gasteiger partial charge in [0.05, 0.1) is 11.8 Å². The summed E-state index contributed by atoms with van der Waals surface area (Å²) in [5.74, 6) is 0.549. The average molecular weight is 434 g/mol. The van der Waals surface area contributed by atoms with E-state index < -0.39 is 18.1 Å². The van der Waals surface area contributed by atoms with Crippen molar-refractivity contribution in [2.75, 3.05) is 11.4 Å². The number of hydrogen-bond donors (Lipinski definition) is 0. The summed E-state index contributed by atoms with van der Waals surface area (Å²) >= 11 is 0. The molecular weight excluding hydrogens is 413 g/mol. The molecule has 0 radical (unpaired) electrons. The second kappa shape index (κ2) is 8.09. The van der Waals surface area contributed by atoms with E-state index in [1.54, 1.807) is 6.92 Å². The Labute approximate surface area is 176 Å². The second-order valence-electron chi connectivity index (χ2n) is 7.29. The minimum absolute atomic E-state index is 0.0147. The first kappa shape index (κ1) is 21.0. The molecule has 10 heteroatoms. The lowest BCUT2D eigenvalue weighted by molar-refractivity contribution is -0.172. The lowest BCUT2D eigenvalue weighted by atomic mass is 10.1. The molecule has 3 heterocycles. The largest absolute Gasteiger partial charge is 0.489 e. The smallest absolute Gasteiger partial charge is 0.410 e. The Morgan fingerprint density at radius 3 is 2.68 bits per heavy atom. The van der Waals surface area contributed by atoms with E-state index in [0.717, 1.165) is 11.1 Å². The topological polar surface area (TPSA) is 73.4 Å². The molecule has 7 nitrogen and oxygen atoms in total. The molecule has 3 aromatic rings. The fourth-order valence-corrected chi connectivity index (χ4v) is 3.59. The van der Waals surface area contributed by atoms with Crippen LogP contribution in [0.2, 0.25) is 0 Å². The van der Waals surface area contributed by atoms with Crippen molar-refractivity contribution in [2.45, 2.75) is 45.5 Å². The van der Waals surface area contributed by atoms with Crippen molar-refractivity contribution in [3.63, 3.8) is 0 Å². The Hall–Kier alpha value is -3.30. The summed E-state index contributed by atoms with van der Waals surface area (Å²) in [5, 5.41) is 7.64. The third-order valence-electron chi connectivity index (χ3n) is 5.37. The number of aryl methyl sites for hydroxylation is 2. The summed E-state index contributed by atoms with van der Waals surface area (Å²) < 4.78 is 51.8. The number of anilines is 1. The zero-order valence-electron chi connectivity index (χ0n) is 17.0. The van der Waals surface area contributed by atoms with Gasteiger partial charge in [-0.2, -0.15) is 18.3 Å². The number of rotatable bonds is 5. The van der Waals surface area contributed by atoms with Gasteiger partial charge in [-0.05, 0) is 37.5 Å². The van der Waals surface area contributed by atoms with E-state index in [0.29, 0.717) is 17.1 Å². The van der Waals surface area contributed by atoms with Gasteiger partial charge >= 0.3 is 6.18 Å². The highest BCUT2D eigenvalue weighted by molar-refractivity contribution is 6.05. The van der Waals surface area contributed by atoms with Crippen molar-refractivity contribution >= 4 is 11.7 Å². The highest BCUT2D eigenvalue weighted by Gasteiger charge is 2.46. The minimum Gasteiger partial charge on any atom is -0.489 e. The van der Waals surface area contributed by atoms with Crippen LogP contribution in [0.15, 0.2) is 41.1 Å². The molecule has 0 fully saturated rings. The molecule has 0 N–H and O–H groups in total. The summed E-state index contributed by atoms with van der Waals surface area (Å²) in [6.07, 6.45) is -2.59. The molecule has 0 bridgehead atoms. The third kappa shape index (κ3) is 4.01. The molecule has 0 saturated carbocycles. The fraction of sp³-hybridized carbons (Fsp3) is 0.381. The monoisotopic (exact) mass is 434 g/mol. The van der Waals surface area contributed by atoms with E-state index in [2.05, 4.69) is 17.2 Å². The highest BCUT2D eigenvalue weighted by atomic mass is 19.4. The average Bonchev–Trinajstić information content (AvgIpc) is 3.37. The molecule has 1 aliphatic heterocycles. The number of benzene rings is 1. The first-order chi connectivity index (χ1) is 14.8. The van der Waals surface area contributed by atoms with Crippen LogP contribution in [0.5, 0.6) is 5.75 Å². The zero-order valence-corrected chi connectivity index (χ0v) is 17.0. The molecule has 0 aliphatic carbocycles. The second-order valence-corrected chi connectivity index (χ2v) is 7.29. The summed E-state index contributed by atoms with van der Waals surface area (Å²) in [6, 6.07) is 7.19. The maximum Gasteiger partial charge on any atom is 0.410 e. The normalized spacial score (nSPS) is 16.3. The van der Waals surface area contributed by atoms with Crippen molar-refractivity contribution in [3.05, 3.63) is 59.1 Å². The van der Waals surface area contributed by atoms with E-state index in [9.17, 15) is 18.0 Å². The molecule has 1 amide bonds. The Kier molecular flexibility index (Phi) is 5.47. The van der Waals surface area contributed by atoms with Crippen LogP contribution in [0.4, 0.5) is 19.0 Å². The molecule has 0 spiro atoms. The van der Waals surface area contributed by atoms with Gasteiger partial charge in [0.2, 0.25) is 0 Å². The number of amides is 1. The summed E-state index contributed by atoms with van der Waals surface area (Å²) in [7, 11) is 0. The van der Waals surface area contributed by atoms with E-state index in [-0.39, 0.29) is 31.1 Å². The first-order valence-electron chi connectivity index (χ1n) is 9.88. The number of fused-ring (bicyclic) bond motifs is 1. The van der Waals surface area contributed by atoms with Crippen LogP contribution in [-0.2, 0) is 13.0 Å². The summed E-state index contributed by atoms with van der Waals surface area (Å²) in [5.41, 5.74) is 1.64. The predicted octanol–water partition coefficient (Wildman–Crippen LogP) is 4.47. The number of hydrogen-bond acceptors (Lipinski definition) is 5. The number of nitrogens with zero attached hydrogens (tertiary/aromatic N) is 4. The molecule has 31 heavy (non-hydrogen) atoms. The van der Waals surface area contributed by atoms with Crippen LogP contribution in [0.25, 0.3) is 0 Å². The predicted molar refractivity (Wildman–Crippen MR) is 105 cm³/mol. The Balaban J connectivity index is 1.56. The summed E-state index contributed by atoms with van der Waals surface area (Å²) in [4.78, 5) is 14.4. The quantitative estimate of drug-likeness (QED) is 0.592. The van der Waals surface area contributed by atoms with Crippen LogP contribution in [0.3, 0.4) is 0 Å². The Bertz CT molecular complexity index is 1070. The highest BCUT2D eigenvalue weighted by Crippen LogP contribution is 2.39.